The number of ether oxygens (including phenoxy) is 1. The van der Waals surface area contributed by atoms with Gasteiger partial charge in [-0.05, 0) is 55.4 Å². The zero-order valence-electron chi connectivity index (χ0n) is 24.5. The smallest absolute Gasteiger partial charge is 0.323 e. The largest absolute Gasteiger partial charge is 0.425 e. The van der Waals surface area contributed by atoms with Crippen LogP contribution >= 0.6 is 0 Å². The topological polar surface area (TPSA) is 26.3 Å². The van der Waals surface area contributed by atoms with Crippen LogP contribution in [-0.2, 0) is 4.79 Å². The second-order valence-electron chi connectivity index (χ2n) is 11.8. The van der Waals surface area contributed by atoms with E-state index in [9.17, 15) is 4.79 Å². The lowest BCUT2D eigenvalue weighted by Gasteiger charge is -2.17. The number of fused-ring (bicyclic) bond motifs is 1. The van der Waals surface area contributed by atoms with Gasteiger partial charge in [0.15, 0.2) is 0 Å². The van der Waals surface area contributed by atoms with Crippen LogP contribution in [0.25, 0.3) is 0 Å². The molecule has 1 aliphatic rings. The molecule has 2 heteroatoms. The van der Waals surface area contributed by atoms with E-state index < -0.39 is 0 Å². The molecule has 204 valence electrons. The van der Waals surface area contributed by atoms with Gasteiger partial charge < -0.3 is 4.74 Å². The molecule has 2 atom stereocenters. The minimum Gasteiger partial charge on any atom is -0.425 e. The van der Waals surface area contributed by atoms with Crippen LogP contribution in [0.15, 0.2) is 30.3 Å². The normalized spacial score (nSPS) is 15.6. The van der Waals surface area contributed by atoms with Crippen LogP contribution in [0, 0.1) is 20.8 Å². The molecule has 0 N–H and O–H groups in total. The summed E-state index contributed by atoms with van der Waals surface area (Å²) in [4.78, 5) is 13.0. The van der Waals surface area contributed by atoms with Crippen LogP contribution < -0.4 is 4.74 Å². The minimum absolute atomic E-state index is 0.131. The Bertz CT molecular complexity index is 989. The first kappa shape index (κ1) is 29.5. The molecule has 0 radical (unpaired) electrons. The second kappa shape index (κ2) is 15.4. The van der Waals surface area contributed by atoms with Crippen molar-refractivity contribution < 1.29 is 9.53 Å². The molecule has 0 spiro atoms. The Morgan fingerprint density at radius 1 is 0.730 bits per heavy atom. The number of rotatable bonds is 17. The van der Waals surface area contributed by atoms with Gasteiger partial charge in [-0.25, -0.2) is 0 Å². The van der Waals surface area contributed by atoms with Crippen molar-refractivity contribution in [3.05, 3.63) is 63.7 Å². The Morgan fingerprint density at radius 2 is 1.30 bits per heavy atom. The molecule has 0 fully saturated rings. The van der Waals surface area contributed by atoms with Gasteiger partial charge in [-0.3, -0.25) is 4.79 Å². The third kappa shape index (κ3) is 8.72. The van der Waals surface area contributed by atoms with Gasteiger partial charge in [0.1, 0.15) is 11.7 Å². The molecule has 2 nitrogen and oxygen atoms in total. The Morgan fingerprint density at radius 3 is 1.86 bits per heavy atom. The summed E-state index contributed by atoms with van der Waals surface area (Å²) in [5.41, 5.74) is 7.00. The molecule has 1 aliphatic heterocycles. The van der Waals surface area contributed by atoms with Gasteiger partial charge in [-0.1, -0.05) is 140 Å². The molecule has 2 aromatic rings. The predicted molar refractivity (Wildman–Crippen MR) is 158 cm³/mol. The number of unbranched alkanes of at least 4 members (excludes halogenated alkanes) is 13. The molecule has 1 heterocycles. The number of hydrogen-bond donors (Lipinski definition) is 0. The van der Waals surface area contributed by atoms with E-state index in [2.05, 4.69) is 65.0 Å². The Balaban J connectivity index is 1.41. The van der Waals surface area contributed by atoms with Crippen LogP contribution in [0.1, 0.15) is 155 Å². The third-order valence-electron chi connectivity index (χ3n) is 8.43. The highest BCUT2D eigenvalue weighted by atomic mass is 16.5. The van der Waals surface area contributed by atoms with E-state index in [0.29, 0.717) is 5.92 Å². The second-order valence-corrected chi connectivity index (χ2v) is 11.8. The Kier molecular flexibility index (Phi) is 12.2. The summed E-state index contributed by atoms with van der Waals surface area (Å²) in [6.45, 7) is 11.0. The van der Waals surface area contributed by atoms with Gasteiger partial charge in [-0.2, -0.15) is 0 Å². The molecular formula is C35H52O2. The van der Waals surface area contributed by atoms with Crippen molar-refractivity contribution in [1.82, 2.24) is 0 Å². The molecule has 37 heavy (non-hydrogen) atoms. The summed E-state index contributed by atoms with van der Waals surface area (Å²) < 4.78 is 5.94. The number of benzene rings is 2. The fraction of sp³-hybridized carbons (Fsp3) is 0.629. The predicted octanol–water partition coefficient (Wildman–Crippen LogP) is 10.6. The average molecular weight is 505 g/mol. The maximum absolute atomic E-state index is 13.0. The summed E-state index contributed by atoms with van der Waals surface area (Å²) in [7, 11) is 0. The summed E-state index contributed by atoms with van der Waals surface area (Å²) in [6, 6.07) is 10.7. The number of esters is 1. The van der Waals surface area contributed by atoms with E-state index in [1.165, 1.54) is 112 Å². The molecule has 2 aromatic carbocycles. The van der Waals surface area contributed by atoms with Crippen molar-refractivity contribution in [2.45, 2.75) is 143 Å². The first-order valence-electron chi connectivity index (χ1n) is 15.4. The van der Waals surface area contributed by atoms with Gasteiger partial charge in [0.05, 0.1) is 0 Å². The molecule has 0 aromatic heterocycles. The van der Waals surface area contributed by atoms with Gasteiger partial charge in [0, 0.05) is 5.56 Å². The minimum atomic E-state index is -0.304. The lowest BCUT2D eigenvalue weighted by Crippen LogP contribution is -2.11. The quantitative estimate of drug-likeness (QED) is 0.122. The summed E-state index contributed by atoms with van der Waals surface area (Å²) in [5, 5.41) is 0. The number of carbonyl (C=O) groups is 1. The van der Waals surface area contributed by atoms with E-state index in [-0.39, 0.29) is 11.9 Å². The molecule has 0 bridgehead atoms. The monoisotopic (exact) mass is 504 g/mol. The van der Waals surface area contributed by atoms with Gasteiger partial charge in [-0.15, -0.1) is 0 Å². The van der Waals surface area contributed by atoms with Crippen molar-refractivity contribution in [1.29, 1.82) is 0 Å². The van der Waals surface area contributed by atoms with E-state index in [1.807, 2.05) is 0 Å². The molecule has 2 unspecified atom stereocenters. The van der Waals surface area contributed by atoms with Crippen molar-refractivity contribution in [2.24, 2.45) is 0 Å². The van der Waals surface area contributed by atoms with Gasteiger partial charge in [0.2, 0.25) is 0 Å². The third-order valence-corrected chi connectivity index (χ3v) is 8.43. The van der Waals surface area contributed by atoms with Crippen molar-refractivity contribution in [3.63, 3.8) is 0 Å². The highest BCUT2D eigenvalue weighted by Crippen LogP contribution is 2.45. The highest BCUT2D eigenvalue weighted by Gasteiger charge is 2.37. The molecule has 3 rings (SSSR count). The van der Waals surface area contributed by atoms with Crippen LogP contribution in [0.5, 0.6) is 5.75 Å². The Labute approximate surface area is 227 Å². The van der Waals surface area contributed by atoms with Gasteiger partial charge >= 0.3 is 5.97 Å². The zero-order chi connectivity index (χ0) is 26.6. The Hall–Kier alpha value is -2.09. The van der Waals surface area contributed by atoms with Crippen LogP contribution in [0.2, 0.25) is 0 Å². The molecule has 0 amide bonds. The van der Waals surface area contributed by atoms with Crippen molar-refractivity contribution in [3.8, 4) is 5.75 Å². The lowest BCUT2D eigenvalue weighted by atomic mass is 9.86. The maximum atomic E-state index is 13.0. The number of carbonyl (C=O) groups excluding carboxylic acids is 1. The fourth-order valence-corrected chi connectivity index (χ4v) is 5.88. The fourth-order valence-electron chi connectivity index (χ4n) is 5.88. The zero-order valence-corrected chi connectivity index (χ0v) is 24.5. The SMILES string of the molecule is CCCCCCCCCCCCCCCCC(C)c1cc(C)cc2c1OC(=O)C2c1ccc(C)c(C)c1. The van der Waals surface area contributed by atoms with Crippen molar-refractivity contribution >= 4 is 5.97 Å². The van der Waals surface area contributed by atoms with Crippen LogP contribution in [0.4, 0.5) is 0 Å². The number of aryl methyl sites for hydroxylation is 3. The summed E-state index contributed by atoms with van der Waals surface area (Å²) in [5.74, 6) is 0.795. The average Bonchev–Trinajstić information content (AvgIpc) is 3.20. The van der Waals surface area contributed by atoms with Crippen molar-refractivity contribution in [2.75, 3.05) is 0 Å². The molecule has 0 saturated heterocycles. The van der Waals surface area contributed by atoms with Crippen LogP contribution in [0.3, 0.4) is 0 Å². The molecule has 0 aliphatic carbocycles. The van der Waals surface area contributed by atoms with E-state index in [4.69, 9.17) is 4.74 Å². The molecule has 0 saturated carbocycles. The number of hydrogen-bond acceptors (Lipinski definition) is 2. The highest BCUT2D eigenvalue weighted by molar-refractivity contribution is 5.90. The first-order chi connectivity index (χ1) is 17.9. The summed E-state index contributed by atoms with van der Waals surface area (Å²) >= 11 is 0. The van der Waals surface area contributed by atoms with Gasteiger partial charge in [0.25, 0.3) is 0 Å². The maximum Gasteiger partial charge on any atom is 0.323 e. The lowest BCUT2D eigenvalue weighted by molar-refractivity contribution is -0.133. The summed E-state index contributed by atoms with van der Waals surface area (Å²) in [6.07, 6.45) is 20.6. The standard InChI is InChI=1S/C35H52O2/c1-6-7-8-9-10-11-12-13-14-15-16-17-18-19-20-28(4)31-23-26(2)24-32-33(35(36)37-34(31)32)30-22-21-27(3)29(5)25-30/h21-25,28,33H,6-20H2,1-5H3. The van der Waals surface area contributed by atoms with E-state index >= 15 is 0 Å². The molecular weight excluding hydrogens is 452 g/mol. The van der Waals surface area contributed by atoms with E-state index in [1.54, 1.807) is 0 Å². The van der Waals surface area contributed by atoms with Crippen LogP contribution in [-0.4, -0.2) is 5.97 Å². The first-order valence-corrected chi connectivity index (χ1v) is 15.4. The van der Waals surface area contributed by atoms with E-state index in [0.717, 1.165) is 23.3 Å².